The fourth-order valence-corrected chi connectivity index (χ4v) is 3.04. The molecule has 1 aliphatic heterocycles. The third-order valence-electron chi connectivity index (χ3n) is 4.65. The minimum absolute atomic E-state index is 0.722. The van der Waals surface area contributed by atoms with Gasteiger partial charge in [-0.25, -0.2) is 0 Å². The van der Waals surface area contributed by atoms with Gasteiger partial charge in [0.05, 0.1) is 20.4 Å². The second kappa shape index (κ2) is 8.72. The summed E-state index contributed by atoms with van der Waals surface area (Å²) in [5.41, 5.74) is 3.69. The zero-order chi connectivity index (χ0) is 18.4. The van der Waals surface area contributed by atoms with E-state index in [9.17, 15) is 0 Å². The van der Waals surface area contributed by atoms with Crippen molar-refractivity contribution in [1.82, 2.24) is 9.91 Å². The lowest BCUT2D eigenvalue weighted by Gasteiger charge is -2.33. The first-order chi connectivity index (χ1) is 12.7. The minimum Gasteiger partial charge on any atom is -0.493 e. The summed E-state index contributed by atoms with van der Waals surface area (Å²) in [7, 11) is 3.29. The van der Waals surface area contributed by atoms with Crippen LogP contribution in [0.25, 0.3) is 0 Å². The van der Waals surface area contributed by atoms with Crippen molar-refractivity contribution in [2.75, 3.05) is 40.4 Å². The summed E-state index contributed by atoms with van der Waals surface area (Å²) in [6.07, 6.45) is 1.89. The molecule has 5 nitrogen and oxygen atoms in total. The topological polar surface area (TPSA) is 37.3 Å². The molecule has 0 unspecified atom stereocenters. The van der Waals surface area contributed by atoms with Gasteiger partial charge in [-0.2, -0.15) is 5.10 Å². The minimum atomic E-state index is 0.722. The highest BCUT2D eigenvalue weighted by atomic mass is 16.5. The van der Waals surface area contributed by atoms with Crippen LogP contribution < -0.4 is 9.47 Å². The van der Waals surface area contributed by atoms with Gasteiger partial charge < -0.3 is 9.47 Å². The summed E-state index contributed by atoms with van der Waals surface area (Å²) in [4.78, 5) is 2.48. The maximum Gasteiger partial charge on any atom is 0.161 e. The van der Waals surface area contributed by atoms with Crippen molar-refractivity contribution in [3.8, 4) is 11.5 Å². The maximum absolute atomic E-state index is 5.34. The lowest BCUT2D eigenvalue weighted by molar-refractivity contribution is 0.131. The highest BCUT2D eigenvalue weighted by Crippen LogP contribution is 2.26. The van der Waals surface area contributed by atoms with Crippen molar-refractivity contribution >= 4 is 6.21 Å². The van der Waals surface area contributed by atoms with Crippen LogP contribution in [0.5, 0.6) is 11.5 Å². The number of methoxy groups -OCH3 is 2. The summed E-state index contributed by atoms with van der Waals surface area (Å²) in [6.45, 7) is 7.06. The highest BCUT2D eigenvalue weighted by Gasteiger charge is 2.15. The molecule has 0 aromatic heterocycles. The van der Waals surface area contributed by atoms with Crippen molar-refractivity contribution in [1.29, 1.82) is 0 Å². The van der Waals surface area contributed by atoms with E-state index >= 15 is 0 Å². The first-order valence-corrected chi connectivity index (χ1v) is 8.97. The Kier molecular flexibility index (Phi) is 6.12. The Hall–Kier alpha value is -2.53. The van der Waals surface area contributed by atoms with Crippen molar-refractivity contribution in [2.45, 2.75) is 13.5 Å². The Morgan fingerprint density at radius 3 is 2.27 bits per heavy atom. The molecule has 138 valence electrons. The van der Waals surface area contributed by atoms with Gasteiger partial charge >= 0.3 is 0 Å². The Bertz CT molecular complexity index is 735. The summed E-state index contributed by atoms with van der Waals surface area (Å²) in [5, 5.41) is 6.75. The number of hydrogen-bond acceptors (Lipinski definition) is 5. The molecule has 26 heavy (non-hydrogen) atoms. The predicted molar refractivity (Wildman–Crippen MR) is 105 cm³/mol. The summed E-state index contributed by atoms with van der Waals surface area (Å²) in [5.74, 6) is 1.45. The van der Waals surface area contributed by atoms with E-state index in [1.165, 1.54) is 11.1 Å². The van der Waals surface area contributed by atoms with E-state index in [4.69, 9.17) is 9.47 Å². The zero-order valence-corrected chi connectivity index (χ0v) is 15.8. The van der Waals surface area contributed by atoms with Crippen LogP contribution in [0.2, 0.25) is 0 Å². The smallest absolute Gasteiger partial charge is 0.161 e. The molecule has 2 aromatic rings. The molecule has 1 fully saturated rings. The van der Waals surface area contributed by atoms with Crippen LogP contribution in [0.4, 0.5) is 0 Å². The van der Waals surface area contributed by atoms with Crippen LogP contribution in [-0.2, 0) is 6.54 Å². The molecule has 1 saturated heterocycles. The van der Waals surface area contributed by atoms with Gasteiger partial charge in [0, 0.05) is 32.7 Å². The second-order valence-corrected chi connectivity index (χ2v) is 6.57. The molecule has 0 N–H and O–H groups in total. The molecule has 0 spiro atoms. The van der Waals surface area contributed by atoms with E-state index in [2.05, 4.69) is 46.2 Å². The maximum atomic E-state index is 5.34. The molecule has 0 radical (unpaired) electrons. The molecule has 0 amide bonds. The normalized spacial score (nSPS) is 15.4. The number of ether oxygens (including phenoxy) is 2. The van der Waals surface area contributed by atoms with E-state index in [1.54, 1.807) is 14.2 Å². The van der Waals surface area contributed by atoms with Crippen molar-refractivity contribution in [2.24, 2.45) is 5.10 Å². The van der Waals surface area contributed by atoms with E-state index in [1.807, 2.05) is 24.4 Å². The van der Waals surface area contributed by atoms with Crippen LogP contribution in [0.3, 0.4) is 0 Å². The number of rotatable bonds is 6. The Balaban J connectivity index is 1.52. The molecular formula is C21H27N3O2. The number of benzene rings is 2. The fourth-order valence-electron chi connectivity index (χ4n) is 3.04. The molecule has 5 heteroatoms. The SMILES string of the molecule is COc1ccc(/C=N/N2CCN(Cc3ccc(C)cc3)CC2)cc1OC. The summed E-state index contributed by atoms with van der Waals surface area (Å²) < 4.78 is 10.6. The number of hydrazone groups is 1. The van der Waals surface area contributed by atoms with Gasteiger partial charge in [-0.3, -0.25) is 9.91 Å². The number of hydrogen-bond donors (Lipinski definition) is 0. The van der Waals surface area contributed by atoms with Crippen molar-refractivity contribution in [3.63, 3.8) is 0 Å². The fraction of sp³-hybridized carbons (Fsp3) is 0.381. The van der Waals surface area contributed by atoms with Crippen LogP contribution in [0.15, 0.2) is 47.6 Å². The van der Waals surface area contributed by atoms with Crippen molar-refractivity contribution in [3.05, 3.63) is 59.2 Å². The predicted octanol–water partition coefficient (Wildman–Crippen LogP) is 3.16. The Morgan fingerprint density at radius 2 is 1.62 bits per heavy atom. The molecule has 0 saturated carbocycles. The van der Waals surface area contributed by atoms with Gasteiger partial charge in [0.15, 0.2) is 11.5 Å². The van der Waals surface area contributed by atoms with Gasteiger partial charge in [-0.15, -0.1) is 0 Å². The average molecular weight is 353 g/mol. The van der Waals surface area contributed by atoms with Gasteiger partial charge in [0.2, 0.25) is 0 Å². The number of nitrogens with zero attached hydrogens (tertiary/aromatic N) is 3. The van der Waals surface area contributed by atoms with Crippen LogP contribution in [0, 0.1) is 6.92 Å². The highest BCUT2D eigenvalue weighted by molar-refractivity contribution is 5.80. The molecular weight excluding hydrogens is 326 g/mol. The largest absolute Gasteiger partial charge is 0.493 e. The molecule has 0 aliphatic carbocycles. The molecule has 0 bridgehead atoms. The summed E-state index contributed by atoms with van der Waals surface area (Å²) >= 11 is 0. The first kappa shape index (κ1) is 18.3. The lowest BCUT2D eigenvalue weighted by atomic mass is 10.1. The monoisotopic (exact) mass is 353 g/mol. The van der Waals surface area contributed by atoms with Gasteiger partial charge in [-0.05, 0) is 36.2 Å². The van der Waals surface area contributed by atoms with E-state index in [-0.39, 0.29) is 0 Å². The van der Waals surface area contributed by atoms with Crippen molar-refractivity contribution < 1.29 is 9.47 Å². The number of aryl methyl sites for hydroxylation is 1. The Labute approximate surface area is 155 Å². The van der Waals surface area contributed by atoms with Crippen LogP contribution in [-0.4, -0.2) is 56.5 Å². The second-order valence-electron chi connectivity index (χ2n) is 6.57. The van der Waals surface area contributed by atoms with Crippen LogP contribution >= 0.6 is 0 Å². The van der Waals surface area contributed by atoms with Gasteiger partial charge in [-0.1, -0.05) is 29.8 Å². The van der Waals surface area contributed by atoms with E-state index in [0.717, 1.165) is 49.8 Å². The lowest BCUT2D eigenvalue weighted by Crippen LogP contribution is -2.43. The van der Waals surface area contributed by atoms with E-state index < -0.39 is 0 Å². The van der Waals surface area contributed by atoms with Crippen LogP contribution in [0.1, 0.15) is 16.7 Å². The zero-order valence-electron chi connectivity index (χ0n) is 15.8. The van der Waals surface area contributed by atoms with Gasteiger partial charge in [0.1, 0.15) is 0 Å². The number of piperazine rings is 1. The standard InChI is InChI=1S/C21H27N3O2/c1-17-4-6-18(7-5-17)16-23-10-12-24(13-11-23)22-15-19-8-9-20(25-2)21(14-19)26-3/h4-9,14-15H,10-13,16H2,1-3H3/b22-15+. The first-order valence-electron chi connectivity index (χ1n) is 8.97. The Morgan fingerprint density at radius 1 is 0.923 bits per heavy atom. The molecule has 3 rings (SSSR count). The summed E-state index contributed by atoms with van der Waals surface area (Å²) in [6, 6.07) is 14.6. The third-order valence-corrected chi connectivity index (χ3v) is 4.65. The molecule has 1 heterocycles. The van der Waals surface area contributed by atoms with Gasteiger partial charge in [0.25, 0.3) is 0 Å². The molecule has 1 aliphatic rings. The van der Waals surface area contributed by atoms with E-state index in [0.29, 0.717) is 0 Å². The molecule has 2 aromatic carbocycles. The third kappa shape index (κ3) is 4.76. The molecule has 0 atom stereocenters. The quantitative estimate of drug-likeness (QED) is 0.748. The average Bonchev–Trinajstić information content (AvgIpc) is 2.69.